The Balaban J connectivity index is 0.00000256. The van der Waals surface area contributed by atoms with Crippen LogP contribution < -0.4 is 4.74 Å². The van der Waals surface area contributed by atoms with Crippen molar-refractivity contribution in [2.45, 2.75) is 38.5 Å². The van der Waals surface area contributed by atoms with Gasteiger partial charge in [-0.25, -0.2) is 4.39 Å². The Labute approximate surface area is 185 Å². The van der Waals surface area contributed by atoms with E-state index in [1.807, 2.05) is 12.1 Å². The van der Waals surface area contributed by atoms with Crippen molar-refractivity contribution in [1.29, 1.82) is 0 Å². The summed E-state index contributed by atoms with van der Waals surface area (Å²) in [6.45, 7) is 5.91. The minimum Gasteiger partial charge on any atom is -0.494 e. The fourth-order valence-corrected chi connectivity index (χ4v) is 4.48. The van der Waals surface area contributed by atoms with Gasteiger partial charge in [-0.1, -0.05) is 24.3 Å². The second kappa shape index (κ2) is 11.1. The van der Waals surface area contributed by atoms with Crippen molar-refractivity contribution in [3.05, 3.63) is 65.5 Å². The lowest BCUT2D eigenvalue weighted by Crippen LogP contribution is -2.38. The first kappa shape index (κ1) is 23.0. The minimum absolute atomic E-state index is 0. The molecule has 30 heavy (non-hydrogen) atoms. The number of hydrogen-bond acceptors (Lipinski definition) is 4. The number of rotatable bonds is 8. The van der Waals surface area contributed by atoms with Crippen LogP contribution in [0.3, 0.4) is 0 Å². The second-order valence-electron chi connectivity index (χ2n) is 8.30. The van der Waals surface area contributed by atoms with E-state index in [4.69, 9.17) is 4.74 Å². The molecule has 0 radical (unpaired) electrons. The van der Waals surface area contributed by atoms with E-state index in [1.165, 1.54) is 30.5 Å². The molecule has 0 saturated carbocycles. The number of aliphatic hydroxyl groups is 1. The van der Waals surface area contributed by atoms with Crippen LogP contribution in [0.2, 0.25) is 0 Å². The van der Waals surface area contributed by atoms with E-state index in [2.05, 4.69) is 21.9 Å². The summed E-state index contributed by atoms with van der Waals surface area (Å²) in [5.41, 5.74) is 2.34. The fourth-order valence-electron chi connectivity index (χ4n) is 4.48. The molecule has 4 rings (SSSR count). The number of nitrogens with zero attached hydrogens (tertiary/aromatic N) is 2. The van der Waals surface area contributed by atoms with Crippen LogP contribution in [0.25, 0.3) is 0 Å². The molecule has 0 aromatic heterocycles. The Morgan fingerprint density at radius 1 is 1.00 bits per heavy atom. The smallest absolute Gasteiger partial charge is 0.134 e. The van der Waals surface area contributed by atoms with Crippen molar-refractivity contribution in [2.75, 3.05) is 32.8 Å². The Morgan fingerprint density at radius 2 is 1.73 bits per heavy atom. The highest BCUT2D eigenvalue weighted by Gasteiger charge is 2.30. The predicted molar refractivity (Wildman–Crippen MR) is 119 cm³/mol. The van der Waals surface area contributed by atoms with Crippen LogP contribution in [0.1, 0.15) is 43.0 Å². The molecule has 0 spiro atoms. The first-order chi connectivity index (χ1) is 14.2. The molecule has 164 valence electrons. The van der Waals surface area contributed by atoms with Crippen molar-refractivity contribution in [3.63, 3.8) is 0 Å². The van der Waals surface area contributed by atoms with Gasteiger partial charge in [0, 0.05) is 13.1 Å². The number of ether oxygens (including phenoxy) is 1. The van der Waals surface area contributed by atoms with Gasteiger partial charge in [0.05, 0.1) is 6.61 Å². The Kier molecular flexibility index (Phi) is 8.51. The summed E-state index contributed by atoms with van der Waals surface area (Å²) in [5, 5.41) is 10.6. The van der Waals surface area contributed by atoms with Crippen LogP contribution >= 0.6 is 12.4 Å². The molecule has 6 heteroatoms. The van der Waals surface area contributed by atoms with Crippen molar-refractivity contribution in [1.82, 2.24) is 9.80 Å². The molecule has 1 N–H and O–H groups in total. The van der Waals surface area contributed by atoms with Crippen LogP contribution in [-0.2, 0) is 6.54 Å². The number of halogens is 2. The van der Waals surface area contributed by atoms with E-state index in [0.717, 1.165) is 56.9 Å². The SMILES string of the molecule is Cl.OC1c2ccccc2CN1CC1CCN(CCCCOc2ccc(F)cc2)CC1. The summed E-state index contributed by atoms with van der Waals surface area (Å²) < 4.78 is 18.5. The van der Waals surface area contributed by atoms with Gasteiger partial charge in [0.15, 0.2) is 0 Å². The minimum atomic E-state index is -0.440. The zero-order valence-electron chi connectivity index (χ0n) is 17.4. The molecule has 1 atom stereocenters. The van der Waals surface area contributed by atoms with Crippen LogP contribution in [-0.4, -0.2) is 47.7 Å². The third-order valence-electron chi connectivity index (χ3n) is 6.20. The lowest BCUT2D eigenvalue weighted by atomic mass is 9.96. The summed E-state index contributed by atoms with van der Waals surface area (Å²) >= 11 is 0. The molecule has 1 saturated heterocycles. The van der Waals surface area contributed by atoms with E-state index >= 15 is 0 Å². The summed E-state index contributed by atoms with van der Waals surface area (Å²) in [6.07, 6.45) is 4.09. The van der Waals surface area contributed by atoms with Crippen LogP contribution in [0.5, 0.6) is 5.75 Å². The molecule has 4 nitrogen and oxygen atoms in total. The number of aliphatic hydroxyl groups excluding tert-OH is 1. The standard InChI is InChI=1S/C24H31FN2O2.ClH/c25-21-7-9-22(10-8-21)29-16-4-3-13-26-14-11-19(12-15-26)17-27-18-20-5-1-2-6-23(20)24(27)28;/h1-2,5-10,19,24,28H,3-4,11-18H2;1H. The maximum absolute atomic E-state index is 12.9. The number of likely N-dealkylation sites (tertiary alicyclic amines) is 1. The predicted octanol–water partition coefficient (Wildman–Crippen LogP) is 4.63. The Morgan fingerprint density at radius 3 is 2.47 bits per heavy atom. The van der Waals surface area contributed by atoms with Crippen LogP contribution in [0, 0.1) is 11.7 Å². The molecule has 1 fully saturated rings. The highest BCUT2D eigenvalue weighted by atomic mass is 35.5. The van der Waals surface area contributed by atoms with E-state index in [0.29, 0.717) is 12.5 Å². The van der Waals surface area contributed by atoms with E-state index in [9.17, 15) is 9.50 Å². The Bertz CT molecular complexity index is 781. The topological polar surface area (TPSA) is 35.9 Å². The molecule has 1 unspecified atom stereocenters. The number of piperidine rings is 1. The third-order valence-corrected chi connectivity index (χ3v) is 6.20. The summed E-state index contributed by atoms with van der Waals surface area (Å²) in [4.78, 5) is 4.77. The van der Waals surface area contributed by atoms with Gasteiger partial charge in [0.1, 0.15) is 17.8 Å². The quantitative estimate of drug-likeness (QED) is 0.615. The second-order valence-corrected chi connectivity index (χ2v) is 8.30. The van der Waals surface area contributed by atoms with Crippen LogP contribution in [0.4, 0.5) is 4.39 Å². The highest BCUT2D eigenvalue weighted by Crippen LogP contribution is 2.33. The van der Waals surface area contributed by atoms with Crippen molar-refractivity contribution in [3.8, 4) is 5.75 Å². The van der Waals surface area contributed by atoms with Gasteiger partial charge in [-0.3, -0.25) is 4.90 Å². The molecular weight excluding hydrogens is 403 g/mol. The number of fused-ring (bicyclic) bond motifs is 1. The average molecular weight is 435 g/mol. The fraction of sp³-hybridized carbons (Fsp3) is 0.500. The maximum atomic E-state index is 12.9. The number of unbranched alkanes of at least 4 members (excludes halogenated alkanes) is 1. The Hall–Kier alpha value is -1.66. The van der Waals surface area contributed by atoms with Crippen molar-refractivity contribution < 1.29 is 14.2 Å². The van der Waals surface area contributed by atoms with Gasteiger partial charge >= 0.3 is 0 Å². The molecule has 2 aromatic carbocycles. The maximum Gasteiger partial charge on any atom is 0.134 e. The number of benzene rings is 2. The van der Waals surface area contributed by atoms with Crippen molar-refractivity contribution >= 4 is 12.4 Å². The van der Waals surface area contributed by atoms with Gasteiger partial charge in [-0.15, -0.1) is 12.4 Å². The first-order valence-electron chi connectivity index (χ1n) is 10.8. The lowest BCUT2D eigenvalue weighted by Gasteiger charge is -2.34. The van der Waals surface area contributed by atoms with Crippen LogP contribution in [0.15, 0.2) is 48.5 Å². The van der Waals surface area contributed by atoms with E-state index in [1.54, 1.807) is 12.1 Å². The average Bonchev–Trinajstić information content (AvgIpc) is 3.06. The zero-order valence-corrected chi connectivity index (χ0v) is 18.2. The van der Waals surface area contributed by atoms with E-state index < -0.39 is 6.23 Å². The van der Waals surface area contributed by atoms with E-state index in [-0.39, 0.29) is 18.2 Å². The summed E-state index contributed by atoms with van der Waals surface area (Å²) in [5.74, 6) is 1.17. The van der Waals surface area contributed by atoms with Gasteiger partial charge in [-0.2, -0.15) is 0 Å². The third kappa shape index (κ3) is 5.94. The first-order valence-corrected chi connectivity index (χ1v) is 10.8. The molecule has 2 aliphatic rings. The molecule has 0 bridgehead atoms. The number of hydrogen-bond donors (Lipinski definition) is 1. The molecule has 2 aromatic rings. The molecule has 0 aliphatic carbocycles. The largest absolute Gasteiger partial charge is 0.494 e. The summed E-state index contributed by atoms with van der Waals surface area (Å²) in [7, 11) is 0. The van der Waals surface area contributed by atoms with Gasteiger partial charge in [0.2, 0.25) is 0 Å². The van der Waals surface area contributed by atoms with Gasteiger partial charge < -0.3 is 14.7 Å². The molecule has 2 aliphatic heterocycles. The molecular formula is C24H32ClFN2O2. The monoisotopic (exact) mass is 434 g/mol. The molecule has 2 heterocycles. The summed E-state index contributed by atoms with van der Waals surface area (Å²) in [6, 6.07) is 14.4. The zero-order chi connectivity index (χ0) is 20.1. The normalized spacial score (nSPS) is 20.0. The van der Waals surface area contributed by atoms with Gasteiger partial charge in [0.25, 0.3) is 0 Å². The van der Waals surface area contributed by atoms with Crippen molar-refractivity contribution in [2.24, 2.45) is 5.92 Å². The van der Waals surface area contributed by atoms with Gasteiger partial charge in [-0.05, 0) is 86.6 Å². The molecule has 0 amide bonds. The lowest BCUT2D eigenvalue weighted by molar-refractivity contribution is -0.00381. The highest BCUT2D eigenvalue weighted by molar-refractivity contribution is 5.85.